The van der Waals surface area contributed by atoms with E-state index in [0.717, 1.165) is 6.42 Å². The summed E-state index contributed by atoms with van der Waals surface area (Å²) < 4.78 is 30.6. The highest BCUT2D eigenvalue weighted by Gasteiger charge is 2.17. The van der Waals surface area contributed by atoms with E-state index < -0.39 is 11.2 Å². The zero-order valence-electron chi connectivity index (χ0n) is 14.9. The molecule has 136 valence electrons. The Kier molecular flexibility index (Phi) is 5.11. The van der Waals surface area contributed by atoms with Crippen molar-refractivity contribution in [2.24, 2.45) is 0 Å². The van der Waals surface area contributed by atoms with Gasteiger partial charge in [-0.3, -0.25) is 4.79 Å². The Bertz CT molecular complexity index is 997. The zero-order valence-corrected chi connectivity index (χ0v) is 14.9. The Labute approximate surface area is 150 Å². The number of hydrogen-bond acceptors (Lipinski definition) is 4. The minimum absolute atomic E-state index is 0.0408. The van der Waals surface area contributed by atoms with E-state index in [9.17, 15) is 9.18 Å². The van der Waals surface area contributed by atoms with Crippen LogP contribution in [0.5, 0.6) is 17.2 Å². The van der Waals surface area contributed by atoms with Gasteiger partial charge in [0.25, 0.3) is 0 Å². The van der Waals surface area contributed by atoms with Crippen LogP contribution in [0.25, 0.3) is 22.0 Å². The van der Waals surface area contributed by atoms with Crippen LogP contribution in [0.15, 0.2) is 41.3 Å². The van der Waals surface area contributed by atoms with E-state index in [2.05, 4.69) is 4.98 Å². The third-order valence-electron chi connectivity index (χ3n) is 4.11. The van der Waals surface area contributed by atoms with Crippen LogP contribution >= 0.6 is 0 Å². The van der Waals surface area contributed by atoms with Gasteiger partial charge >= 0.3 is 0 Å². The molecule has 1 heterocycles. The minimum Gasteiger partial charge on any atom is -0.497 e. The summed E-state index contributed by atoms with van der Waals surface area (Å²) in [4.78, 5) is 16.0. The fourth-order valence-electron chi connectivity index (χ4n) is 2.82. The molecule has 0 fully saturated rings. The molecule has 0 amide bonds. The first-order valence-corrected chi connectivity index (χ1v) is 8.29. The van der Waals surface area contributed by atoms with E-state index in [1.54, 1.807) is 24.4 Å². The van der Waals surface area contributed by atoms with E-state index in [1.807, 2.05) is 6.92 Å². The first-order valence-electron chi connectivity index (χ1n) is 8.29. The monoisotopic (exact) mass is 357 g/mol. The molecule has 6 heteroatoms. The molecular weight excluding hydrogens is 337 g/mol. The topological polar surface area (TPSA) is 60.6 Å². The molecule has 0 aliphatic rings. The molecule has 3 aromatic rings. The van der Waals surface area contributed by atoms with Crippen molar-refractivity contribution in [3.8, 4) is 28.4 Å². The Hall–Kier alpha value is -3.02. The number of methoxy groups -OCH3 is 2. The number of fused-ring (bicyclic) bond motifs is 1. The van der Waals surface area contributed by atoms with E-state index >= 15 is 0 Å². The van der Waals surface area contributed by atoms with Gasteiger partial charge in [0.1, 0.15) is 23.1 Å². The Morgan fingerprint density at radius 1 is 1.04 bits per heavy atom. The first kappa shape index (κ1) is 17.8. The first-order chi connectivity index (χ1) is 12.6. The molecule has 0 saturated heterocycles. The predicted octanol–water partition coefficient (Wildman–Crippen LogP) is 4.14. The summed E-state index contributed by atoms with van der Waals surface area (Å²) >= 11 is 0. The zero-order chi connectivity index (χ0) is 18.7. The molecule has 5 nitrogen and oxygen atoms in total. The van der Waals surface area contributed by atoms with Crippen molar-refractivity contribution >= 4 is 10.9 Å². The normalized spacial score (nSPS) is 10.8. The van der Waals surface area contributed by atoms with Crippen LogP contribution in [0.2, 0.25) is 0 Å². The summed E-state index contributed by atoms with van der Waals surface area (Å²) in [6.45, 7) is 2.45. The molecule has 0 bridgehead atoms. The fraction of sp³-hybridized carbons (Fsp3) is 0.250. The molecule has 1 aromatic heterocycles. The number of pyridine rings is 1. The van der Waals surface area contributed by atoms with Gasteiger partial charge in [0.15, 0.2) is 5.43 Å². The number of aromatic amines is 1. The molecule has 0 radical (unpaired) electrons. The van der Waals surface area contributed by atoms with Gasteiger partial charge in [0, 0.05) is 17.3 Å². The summed E-state index contributed by atoms with van der Waals surface area (Å²) in [6.07, 6.45) is 2.35. The highest BCUT2D eigenvalue weighted by molar-refractivity contribution is 5.89. The maximum atomic E-state index is 14.4. The standard InChI is InChI=1S/C20H20FNO4/c1-4-9-26-17-8-6-15(21)18-19(17)22-11-14(20(18)23)13-10-12(24-2)5-7-16(13)25-3/h5-8,10-11H,4,9H2,1-3H3,(H,22,23). The van der Waals surface area contributed by atoms with Gasteiger partial charge in [0.05, 0.1) is 31.7 Å². The average Bonchev–Trinajstić information content (AvgIpc) is 2.67. The Balaban J connectivity index is 2.26. The van der Waals surface area contributed by atoms with Crippen molar-refractivity contribution < 1.29 is 18.6 Å². The molecule has 0 spiro atoms. The summed E-state index contributed by atoms with van der Waals surface area (Å²) in [5.74, 6) is 0.911. The number of ether oxygens (including phenoxy) is 3. The molecular formula is C20H20FNO4. The Morgan fingerprint density at radius 2 is 1.81 bits per heavy atom. The van der Waals surface area contributed by atoms with Crippen molar-refractivity contribution in [2.45, 2.75) is 13.3 Å². The van der Waals surface area contributed by atoms with Crippen molar-refractivity contribution in [3.05, 3.63) is 52.6 Å². The minimum atomic E-state index is -0.603. The van der Waals surface area contributed by atoms with Gasteiger partial charge in [-0.25, -0.2) is 4.39 Å². The SMILES string of the molecule is CCCOc1ccc(F)c2c(=O)c(-c3cc(OC)ccc3OC)c[nH]c12. The van der Waals surface area contributed by atoms with Crippen molar-refractivity contribution in [3.63, 3.8) is 0 Å². The second-order valence-corrected chi connectivity index (χ2v) is 5.74. The van der Waals surface area contributed by atoms with Crippen LogP contribution in [-0.2, 0) is 0 Å². The number of nitrogens with one attached hydrogen (secondary N) is 1. The van der Waals surface area contributed by atoms with E-state index in [0.29, 0.717) is 40.5 Å². The third-order valence-corrected chi connectivity index (χ3v) is 4.11. The lowest BCUT2D eigenvalue weighted by Gasteiger charge is -2.13. The molecule has 26 heavy (non-hydrogen) atoms. The molecule has 2 aromatic carbocycles. The number of benzene rings is 2. The van der Waals surface area contributed by atoms with Crippen LogP contribution in [0.1, 0.15) is 13.3 Å². The largest absolute Gasteiger partial charge is 0.497 e. The summed E-state index contributed by atoms with van der Waals surface area (Å²) in [5, 5.41) is -0.0408. The van der Waals surface area contributed by atoms with E-state index in [4.69, 9.17) is 14.2 Å². The van der Waals surface area contributed by atoms with Gasteiger partial charge < -0.3 is 19.2 Å². The fourth-order valence-corrected chi connectivity index (χ4v) is 2.82. The molecule has 0 unspecified atom stereocenters. The molecule has 0 aliphatic heterocycles. The van der Waals surface area contributed by atoms with Crippen molar-refractivity contribution in [1.82, 2.24) is 4.98 Å². The second-order valence-electron chi connectivity index (χ2n) is 5.74. The van der Waals surface area contributed by atoms with Gasteiger partial charge in [-0.15, -0.1) is 0 Å². The number of aromatic nitrogens is 1. The number of halogens is 1. The van der Waals surface area contributed by atoms with Gasteiger partial charge in [0.2, 0.25) is 0 Å². The van der Waals surface area contributed by atoms with Gasteiger partial charge in [-0.2, -0.15) is 0 Å². The van der Waals surface area contributed by atoms with Crippen molar-refractivity contribution in [2.75, 3.05) is 20.8 Å². The maximum absolute atomic E-state index is 14.4. The lowest BCUT2D eigenvalue weighted by atomic mass is 10.0. The van der Waals surface area contributed by atoms with Crippen molar-refractivity contribution in [1.29, 1.82) is 0 Å². The number of hydrogen-bond donors (Lipinski definition) is 1. The summed E-state index contributed by atoms with van der Waals surface area (Å²) in [7, 11) is 3.05. The molecule has 1 N–H and O–H groups in total. The molecule has 0 atom stereocenters. The van der Waals surface area contributed by atoms with Crippen LogP contribution in [0.4, 0.5) is 4.39 Å². The third kappa shape index (κ3) is 3.10. The smallest absolute Gasteiger partial charge is 0.200 e. The summed E-state index contributed by atoms with van der Waals surface area (Å²) in [5.41, 5.74) is 0.716. The Morgan fingerprint density at radius 3 is 2.50 bits per heavy atom. The highest BCUT2D eigenvalue weighted by atomic mass is 19.1. The van der Waals surface area contributed by atoms with Gasteiger partial charge in [-0.05, 0) is 36.8 Å². The number of rotatable bonds is 6. The van der Waals surface area contributed by atoms with E-state index in [1.165, 1.54) is 26.4 Å². The predicted molar refractivity (Wildman–Crippen MR) is 98.9 cm³/mol. The van der Waals surface area contributed by atoms with Crippen LogP contribution in [0, 0.1) is 5.82 Å². The average molecular weight is 357 g/mol. The maximum Gasteiger partial charge on any atom is 0.200 e. The van der Waals surface area contributed by atoms with Crippen LogP contribution in [-0.4, -0.2) is 25.8 Å². The number of H-pyrrole nitrogens is 1. The molecule has 0 aliphatic carbocycles. The lowest BCUT2D eigenvalue weighted by Crippen LogP contribution is -2.10. The summed E-state index contributed by atoms with van der Waals surface area (Å²) in [6, 6.07) is 7.89. The van der Waals surface area contributed by atoms with E-state index in [-0.39, 0.29) is 5.39 Å². The van der Waals surface area contributed by atoms with Gasteiger partial charge in [-0.1, -0.05) is 6.92 Å². The highest BCUT2D eigenvalue weighted by Crippen LogP contribution is 2.33. The quantitative estimate of drug-likeness (QED) is 0.720. The second kappa shape index (κ2) is 7.47. The van der Waals surface area contributed by atoms with Crippen LogP contribution < -0.4 is 19.6 Å². The lowest BCUT2D eigenvalue weighted by molar-refractivity contribution is 0.320. The molecule has 0 saturated carbocycles. The molecule has 3 rings (SSSR count). The van der Waals surface area contributed by atoms with Crippen LogP contribution in [0.3, 0.4) is 0 Å².